The molecule has 10 heteroatoms. The quantitative estimate of drug-likeness (QED) is 0.461. The molecule has 1 N–H and O–H groups in total. The molecule has 4 aromatic rings. The van der Waals surface area contributed by atoms with E-state index in [2.05, 4.69) is 25.7 Å². The number of hydrogen-bond acceptors (Lipinski definition) is 7. The van der Waals surface area contributed by atoms with Crippen LogP contribution in [0.4, 0.5) is 0 Å². The average molecular weight is 445 g/mol. The maximum atomic E-state index is 12.8. The zero-order chi connectivity index (χ0) is 22.8. The molecule has 1 saturated heterocycles. The Morgan fingerprint density at radius 1 is 1.18 bits per heavy atom. The second-order valence-electron chi connectivity index (χ2n) is 8.07. The molecule has 33 heavy (non-hydrogen) atoms. The molecular formula is C23H23N7O3. The van der Waals surface area contributed by atoms with E-state index in [4.69, 9.17) is 4.52 Å². The van der Waals surface area contributed by atoms with Gasteiger partial charge in [-0.1, -0.05) is 35.5 Å². The molecule has 1 unspecified atom stereocenters. The van der Waals surface area contributed by atoms with Gasteiger partial charge in [-0.25, -0.2) is 0 Å². The molecule has 1 atom stereocenters. The number of amides is 2. The molecule has 1 fully saturated rings. The van der Waals surface area contributed by atoms with Crippen LogP contribution in [0.1, 0.15) is 23.6 Å². The summed E-state index contributed by atoms with van der Waals surface area (Å²) in [6, 6.07) is 13.7. The van der Waals surface area contributed by atoms with E-state index < -0.39 is 0 Å². The normalized spacial score (nSPS) is 16.0. The Labute approximate surface area is 189 Å². The predicted molar refractivity (Wildman–Crippen MR) is 118 cm³/mol. The van der Waals surface area contributed by atoms with Gasteiger partial charge < -0.3 is 14.7 Å². The summed E-state index contributed by atoms with van der Waals surface area (Å²) in [6.45, 7) is 2.98. The molecule has 0 saturated carbocycles. The fourth-order valence-corrected chi connectivity index (χ4v) is 4.04. The van der Waals surface area contributed by atoms with E-state index in [0.717, 1.165) is 6.42 Å². The minimum absolute atomic E-state index is 0.0125. The van der Waals surface area contributed by atoms with Gasteiger partial charge in [-0.15, -0.1) is 10.2 Å². The first-order valence-electron chi connectivity index (χ1n) is 10.8. The number of rotatable bonds is 7. The summed E-state index contributed by atoms with van der Waals surface area (Å²) in [5, 5.41) is 15.2. The van der Waals surface area contributed by atoms with Gasteiger partial charge in [-0.2, -0.15) is 4.98 Å². The highest BCUT2D eigenvalue weighted by molar-refractivity contribution is 5.89. The summed E-state index contributed by atoms with van der Waals surface area (Å²) in [4.78, 5) is 31.2. The first-order chi connectivity index (χ1) is 16.1. The van der Waals surface area contributed by atoms with Gasteiger partial charge in [0.1, 0.15) is 0 Å². The van der Waals surface area contributed by atoms with Crippen molar-refractivity contribution in [3.63, 3.8) is 0 Å². The zero-order valence-electron chi connectivity index (χ0n) is 18.1. The van der Waals surface area contributed by atoms with Gasteiger partial charge in [0.2, 0.25) is 11.8 Å². The Morgan fingerprint density at radius 3 is 2.82 bits per heavy atom. The van der Waals surface area contributed by atoms with Gasteiger partial charge in [0.05, 0.1) is 18.0 Å². The number of carbonyl (C=O) groups excluding carboxylic acids is 2. The molecule has 0 spiro atoms. The lowest BCUT2D eigenvalue weighted by Crippen LogP contribution is -2.33. The van der Waals surface area contributed by atoms with Crippen LogP contribution in [-0.2, 0) is 22.6 Å². The van der Waals surface area contributed by atoms with E-state index in [0.29, 0.717) is 41.8 Å². The van der Waals surface area contributed by atoms with Crippen molar-refractivity contribution in [1.82, 2.24) is 35.0 Å². The van der Waals surface area contributed by atoms with Gasteiger partial charge in [-0.05, 0) is 31.0 Å². The molecule has 0 bridgehead atoms. The number of likely N-dealkylation sites (tertiary alicyclic amines) is 1. The van der Waals surface area contributed by atoms with Crippen LogP contribution in [0.3, 0.4) is 0 Å². The summed E-state index contributed by atoms with van der Waals surface area (Å²) in [5.74, 6) is 0.944. The van der Waals surface area contributed by atoms with Crippen LogP contribution in [-0.4, -0.2) is 54.5 Å². The molecule has 0 aliphatic carbocycles. The standard InChI is InChI=1S/C23H23N7O3/c1-15-25-23(33-28-15)18-8-5-10-30-19(26-27-21(18)30)13-24-22(32)17-12-20(31)29(14-17)11-9-16-6-3-2-4-7-16/h2-8,10,17H,9,11-14H2,1H3,(H,24,32). The third kappa shape index (κ3) is 4.32. The fourth-order valence-electron chi connectivity index (χ4n) is 4.04. The highest BCUT2D eigenvalue weighted by Crippen LogP contribution is 2.22. The van der Waals surface area contributed by atoms with Crippen molar-refractivity contribution in [2.24, 2.45) is 5.92 Å². The molecular weight excluding hydrogens is 422 g/mol. The van der Waals surface area contributed by atoms with Crippen LogP contribution in [0.15, 0.2) is 53.2 Å². The van der Waals surface area contributed by atoms with Gasteiger partial charge in [0.15, 0.2) is 17.3 Å². The number of fused-ring (bicyclic) bond motifs is 1. The van der Waals surface area contributed by atoms with Crippen molar-refractivity contribution in [2.75, 3.05) is 13.1 Å². The van der Waals surface area contributed by atoms with E-state index in [1.165, 1.54) is 5.56 Å². The molecule has 5 rings (SSSR count). The average Bonchev–Trinajstić information content (AvgIpc) is 3.55. The summed E-state index contributed by atoms with van der Waals surface area (Å²) in [6.07, 6.45) is 2.81. The van der Waals surface area contributed by atoms with E-state index in [1.807, 2.05) is 48.7 Å². The van der Waals surface area contributed by atoms with E-state index in [-0.39, 0.29) is 30.7 Å². The summed E-state index contributed by atoms with van der Waals surface area (Å²) < 4.78 is 7.03. The number of aryl methyl sites for hydroxylation is 1. The van der Waals surface area contributed by atoms with Crippen LogP contribution in [0.5, 0.6) is 0 Å². The number of aromatic nitrogens is 5. The Balaban J connectivity index is 1.21. The van der Waals surface area contributed by atoms with Gasteiger partial charge in [0.25, 0.3) is 5.89 Å². The Kier molecular flexibility index (Phi) is 5.55. The highest BCUT2D eigenvalue weighted by atomic mass is 16.5. The van der Waals surface area contributed by atoms with Crippen molar-refractivity contribution in [1.29, 1.82) is 0 Å². The lowest BCUT2D eigenvalue weighted by Gasteiger charge is -2.16. The number of benzene rings is 1. The first kappa shape index (κ1) is 20.8. The Morgan fingerprint density at radius 2 is 2.03 bits per heavy atom. The van der Waals surface area contributed by atoms with Crippen LogP contribution >= 0.6 is 0 Å². The maximum absolute atomic E-state index is 12.8. The number of pyridine rings is 1. The van der Waals surface area contributed by atoms with Crippen molar-refractivity contribution in [3.05, 3.63) is 65.9 Å². The van der Waals surface area contributed by atoms with Crippen molar-refractivity contribution in [2.45, 2.75) is 26.3 Å². The molecule has 4 heterocycles. The van der Waals surface area contributed by atoms with Gasteiger partial charge >= 0.3 is 0 Å². The van der Waals surface area contributed by atoms with Gasteiger partial charge in [-0.3, -0.25) is 14.0 Å². The minimum Gasteiger partial charge on any atom is -0.348 e. The maximum Gasteiger partial charge on any atom is 0.261 e. The minimum atomic E-state index is -0.371. The van der Waals surface area contributed by atoms with Gasteiger partial charge in [0, 0.05) is 25.7 Å². The Hall–Kier alpha value is -4.08. The highest BCUT2D eigenvalue weighted by Gasteiger charge is 2.34. The molecule has 1 aliphatic heterocycles. The third-order valence-electron chi connectivity index (χ3n) is 5.78. The largest absolute Gasteiger partial charge is 0.348 e. The van der Waals surface area contributed by atoms with Crippen LogP contribution in [0.25, 0.3) is 17.1 Å². The van der Waals surface area contributed by atoms with Crippen LogP contribution in [0, 0.1) is 12.8 Å². The first-order valence-corrected chi connectivity index (χ1v) is 10.8. The number of hydrogen-bond donors (Lipinski definition) is 1. The van der Waals surface area contributed by atoms with Crippen LogP contribution in [0.2, 0.25) is 0 Å². The lowest BCUT2D eigenvalue weighted by molar-refractivity contribution is -0.129. The second kappa shape index (κ2) is 8.81. The molecule has 0 radical (unpaired) electrons. The third-order valence-corrected chi connectivity index (χ3v) is 5.78. The summed E-state index contributed by atoms with van der Waals surface area (Å²) >= 11 is 0. The van der Waals surface area contributed by atoms with E-state index in [1.54, 1.807) is 16.2 Å². The zero-order valence-corrected chi connectivity index (χ0v) is 18.1. The molecule has 10 nitrogen and oxygen atoms in total. The number of nitrogens with zero attached hydrogens (tertiary/aromatic N) is 6. The van der Waals surface area contributed by atoms with E-state index >= 15 is 0 Å². The molecule has 3 aromatic heterocycles. The molecule has 168 valence electrons. The summed E-state index contributed by atoms with van der Waals surface area (Å²) in [7, 11) is 0. The summed E-state index contributed by atoms with van der Waals surface area (Å²) in [5.41, 5.74) is 2.40. The SMILES string of the molecule is Cc1noc(-c2cccn3c(CNC(=O)C4CC(=O)N(CCc5ccccc5)C4)nnc23)n1. The molecule has 1 aromatic carbocycles. The molecule has 1 aliphatic rings. The monoisotopic (exact) mass is 445 g/mol. The smallest absolute Gasteiger partial charge is 0.261 e. The number of nitrogens with one attached hydrogen (secondary N) is 1. The fraction of sp³-hybridized carbons (Fsp3) is 0.304. The molecule has 2 amide bonds. The lowest BCUT2D eigenvalue weighted by atomic mass is 10.1. The van der Waals surface area contributed by atoms with Crippen molar-refractivity contribution in [3.8, 4) is 11.5 Å². The van der Waals surface area contributed by atoms with Crippen LogP contribution < -0.4 is 5.32 Å². The van der Waals surface area contributed by atoms with Crippen molar-refractivity contribution >= 4 is 17.5 Å². The van der Waals surface area contributed by atoms with Crippen molar-refractivity contribution < 1.29 is 14.1 Å². The Bertz CT molecular complexity index is 1300. The number of carbonyl (C=O) groups is 2. The second-order valence-corrected chi connectivity index (χ2v) is 8.07. The topological polar surface area (TPSA) is 119 Å². The van der Waals surface area contributed by atoms with E-state index in [9.17, 15) is 9.59 Å². The predicted octanol–water partition coefficient (Wildman–Crippen LogP) is 1.80.